The fourth-order valence-corrected chi connectivity index (χ4v) is 3.13. The Bertz CT molecular complexity index is 1070. The fourth-order valence-electron chi connectivity index (χ4n) is 3.13. The molecule has 0 bridgehead atoms. The number of carbonyl (C=O) groups excluding carboxylic acids is 2. The molecule has 0 fully saturated rings. The number of ether oxygens (including phenoxy) is 3. The van der Waals surface area contributed by atoms with Gasteiger partial charge in [0.1, 0.15) is 17.9 Å². The summed E-state index contributed by atoms with van der Waals surface area (Å²) in [6, 6.07) is 14.7. The number of benzene rings is 2. The molecule has 0 unspecified atom stereocenters. The molecule has 1 aliphatic rings. The topological polar surface area (TPSA) is 91.1 Å². The molecule has 2 heterocycles. The van der Waals surface area contributed by atoms with Crippen molar-refractivity contribution in [3.8, 4) is 11.5 Å². The Morgan fingerprint density at radius 2 is 1.72 bits per heavy atom. The first-order valence-electron chi connectivity index (χ1n) is 8.83. The minimum absolute atomic E-state index is 0.0331. The van der Waals surface area contributed by atoms with E-state index in [4.69, 9.17) is 18.6 Å². The molecule has 0 saturated heterocycles. The van der Waals surface area contributed by atoms with E-state index in [1.165, 1.54) is 14.2 Å². The van der Waals surface area contributed by atoms with Gasteiger partial charge in [-0.1, -0.05) is 12.1 Å². The van der Waals surface area contributed by atoms with Crippen LogP contribution in [0.15, 0.2) is 64.2 Å². The molecular formula is C21H18N2O6. The number of hydrogen-bond acceptors (Lipinski definition) is 8. The molecule has 148 valence electrons. The molecule has 3 aromatic rings. The molecule has 0 atom stereocenters. The molecule has 8 heteroatoms. The Labute approximate surface area is 166 Å². The summed E-state index contributed by atoms with van der Waals surface area (Å²) in [6.45, 7) is 0.0573. The van der Waals surface area contributed by atoms with E-state index in [1.807, 2.05) is 36.4 Å². The van der Waals surface area contributed by atoms with Crippen molar-refractivity contribution >= 4 is 28.7 Å². The molecule has 0 N–H and O–H groups in total. The van der Waals surface area contributed by atoms with Crippen molar-refractivity contribution in [2.75, 3.05) is 32.5 Å². The minimum Gasteiger partial charge on any atom is -0.466 e. The first-order valence-corrected chi connectivity index (χ1v) is 8.83. The van der Waals surface area contributed by atoms with E-state index in [0.29, 0.717) is 17.2 Å². The summed E-state index contributed by atoms with van der Waals surface area (Å²) in [4.78, 5) is 30.5. The summed E-state index contributed by atoms with van der Waals surface area (Å²) in [5, 5.41) is 0. The lowest BCUT2D eigenvalue weighted by Gasteiger charge is -2.31. The Kier molecular flexibility index (Phi) is 5.01. The predicted molar refractivity (Wildman–Crippen MR) is 104 cm³/mol. The largest absolute Gasteiger partial charge is 0.466 e. The number of esters is 2. The average Bonchev–Trinajstić information content (AvgIpc) is 3.22. The highest BCUT2D eigenvalue weighted by molar-refractivity contribution is 6.03. The Morgan fingerprint density at radius 1 is 1.00 bits per heavy atom. The van der Waals surface area contributed by atoms with Crippen LogP contribution in [0.25, 0.3) is 22.6 Å². The number of anilines is 1. The molecule has 0 saturated carbocycles. The Hall–Kier alpha value is -3.65. The fraction of sp³-hybridized carbons (Fsp3) is 0.190. The average molecular weight is 394 g/mol. The van der Waals surface area contributed by atoms with E-state index < -0.39 is 11.9 Å². The Balaban J connectivity index is 1.70. The minimum atomic E-state index is -0.642. The first-order chi connectivity index (χ1) is 14.1. The van der Waals surface area contributed by atoms with E-state index in [2.05, 4.69) is 4.98 Å². The van der Waals surface area contributed by atoms with Crippen molar-refractivity contribution < 1.29 is 28.2 Å². The van der Waals surface area contributed by atoms with Crippen molar-refractivity contribution in [3.63, 3.8) is 0 Å². The van der Waals surface area contributed by atoms with Gasteiger partial charge in [0.2, 0.25) is 5.89 Å². The van der Waals surface area contributed by atoms with E-state index >= 15 is 0 Å². The predicted octanol–water partition coefficient (Wildman–Crippen LogP) is 2.89. The Morgan fingerprint density at radius 3 is 2.41 bits per heavy atom. The van der Waals surface area contributed by atoms with Crippen LogP contribution in [0.5, 0.6) is 0 Å². The normalized spacial score (nSPS) is 14.2. The number of nitrogens with zero attached hydrogens (tertiary/aromatic N) is 2. The van der Waals surface area contributed by atoms with Crippen LogP contribution in [-0.2, 0) is 23.8 Å². The van der Waals surface area contributed by atoms with Gasteiger partial charge in [-0.15, -0.1) is 0 Å². The van der Waals surface area contributed by atoms with Gasteiger partial charge in [-0.05, 0) is 36.4 Å². The molecular weight excluding hydrogens is 376 g/mol. The van der Waals surface area contributed by atoms with Gasteiger partial charge in [0.05, 0.1) is 26.4 Å². The second-order valence-corrected chi connectivity index (χ2v) is 6.25. The maximum Gasteiger partial charge on any atom is 0.355 e. The summed E-state index contributed by atoms with van der Waals surface area (Å²) in [5.74, 6) is -0.790. The molecule has 0 spiro atoms. The van der Waals surface area contributed by atoms with Crippen LogP contribution >= 0.6 is 0 Å². The van der Waals surface area contributed by atoms with Crippen LogP contribution < -0.4 is 4.90 Å². The summed E-state index contributed by atoms with van der Waals surface area (Å²) in [7, 11) is 2.51. The van der Waals surface area contributed by atoms with Gasteiger partial charge >= 0.3 is 11.9 Å². The number of hydrogen-bond donors (Lipinski definition) is 0. The van der Waals surface area contributed by atoms with E-state index in [0.717, 1.165) is 11.1 Å². The van der Waals surface area contributed by atoms with Gasteiger partial charge in [0, 0.05) is 11.3 Å². The molecule has 1 aromatic heterocycles. The van der Waals surface area contributed by atoms with E-state index in [-0.39, 0.29) is 24.6 Å². The maximum absolute atomic E-state index is 12.4. The van der Waals surface area contributed by atoms with Crippen molar-refractivity contribution in [2.45, 2.75) is 0 Å². The second-order valence-electron chi connectivity index (χ2n) is 6.25. The third kappa shape index (κ3) is 3.45. The number of aromatic nitrogens is 1. The van der Waals surface area contributed by atoms with Gasteiger partial charge in [0.25, 0.3) is 0 Å². The van der Waals surface area contributed by atoms with Gasteiger partial charge in [-0.2, -0.15) is 0 Å². The lowest BCUT2D eigenvalue weighted by molar-refractivity contribution is -0.140. The summed E-state index contributed by atoms with van der Waals surface area (Å²) < 4.78 is 20.9. The lowest BCUT2D eigenvalue weighted by atomic mass is 10.1. The molecule has 0 radical (unpaired) electrons. The van der Waals surface area contributed by atoms with Crippen LogP contribution in [0.1, 0.15) is 0 Å². The van der Waals surface area contributed by atoms with Crippen molar-refractivity contribution in [1.29, 1.82) is 0 Å². The highest BCUT2D eigenvalue weighted by atomic mass is 16.5. The molecule has 0 aliphatic carbocycles. The SMILES string of the molecule is COC(=O)C1=C(C(=O)OC)N(c2ccc(-c3nc4ccccc4o3)cc2)COC1. The van der Waals surface area contributed by atoms with Crippen LogP contribution in [0.4, 0.5) is 5.69 Å². The second kappa shape index (κ2) is 7.76. The number of para-hydroxylation sites is 2. The van der Waals surface area contributed by atoms with Crippen LogP contribution in [-0.4, -0.2) is 44.5 Å². The number of methoxy groups -OCH3 is 2. The molecule has 2 aromatic carbocycles. The van der Waals surface area contributed by atoms with Crippen LogP contribution in [0, 0.1) is 0 Å². The molecule has 29 heavy (non-hydrogen) atoms. The van der Waals surface area contributed by atoms with Gasteiger partial charge in [-0.25, -0.2) is 14.6 Å². The molecule has 1 aliphatic heterocycles. The van der Waals surface area contributed by atoms with Gasteiger partial charge < -0.3 is 23.5 Å². The van der Waals surface area contributed by atoms with Crippen molar-refractivity contribution in [1.82, 2.24) is 4.98 Å². The summed E-state index contributed by atoms with van der Waals surface area (Å²) >= 11 is 0. The molecule has 0 amide bonds. The zero-order chi connectivity index (χ0) is 20.4. The summed E-state index contributed by atoms with van der Waals surface area (Å²) in [5.41, 5.74) is 3.10. The smallest absolute Gasteiger partial charge is 0.355 e. The number of fused-ring (bicyclic) bond motifs is 1. The highest BCUT2D eigenvalue weighted by Gasteiger charge is 2.32. The standard InChI is InChI=1S/C21H18N2O6/c1-26-20(24)15-11-28-12-23(18(15)21(25)27-2)14-9-7-13(8-10-14)19-22-16-5-3-4-6-17(16)29-19/h3-10H,11-12H2,1-2H3. The third-order valence-corrected chi connectivity index (χ3v) is 4.55. The number of rotatable bonds is 4. The van der Waals surface area contributed by atoms with Crippen molar-refractivity contribution in [2.24, 2.45) is 0 Å². The van der Waals surface area contributed by atoms with Gasteiger partial charge in [0.15, 0.2) is 5.58 Å². The van der Waals surface area contributed by atoms with Gasteiger partial charge in [-0.3, -0.25) is 0 Å². The van der Waals surface area contributed by atoms with Crippen molar-refractivity contribution in [3.05, 3.63) is 59.8 Å². The zero-order valence-electron chi connectivity index (χ0n) is 15.9. The van der Waals surface area contributed by atoms with Crippen LogP contribution in [0.2, 0.25) is 0 Å². The summed E-state index contributed by atoms with van der Waals surface area (Å²) in [6.07, 6.45) is 0. The molecule has 4 rings (SSSR count). The maximum atomic E-state index is 12.4. The van der Waals surface area contributed by atoms with E-state index in [1.54, 1.807) is 17.0 Å². The molecule has 8 nitrogen and oxygen atoms in total. The zero-order valence-corrected chi connectivity index (χ0v) is 15.9. The van der Waals surface area contributed by atoms with Crippen LogP contribution in [0.3, 0.4) is 0 Å². The third-order valence-electron chi connectivity index (χ3n) is 4.55. The number of carbonyl (C=O) groups is 2. The first kappa shape index (κ1) is 18.7. The monoisotopic (exact) mass is 394 g/mol. The highest BCUT2D eigenvalue weighted by Crippen LogP contribution is 2.30. The lowest BCUT2D eigenvalue weighted by Crippen LogP contribution is -2.38. The quantitative estimate of drug-likeness (QED) is 0.624. The van der Waals surface area contributed by atoms with E-state index in [9.17, 15) is 9.59 Å². The number of oxazole rings is 1.